The maximum Gasteiger partial charge on any atom is 0.344 e. The minimum absolute atomic E-state index is 0.192. The van der Waals surface area contributed by atoms with Gasteiger partial charge in [-0.25, -0.2) is 9.80 Å². The standard InChI is InChI=1S/C17H17N3O5/c1-12-9-15(19-25-12)23-11-17(22)24-10-16(21)20-8-7-14(18-20)13-5-3-2-4-6-13/h2-6,9H,7-8,10-11H2,1H3. The van der Waals surface area contributed by atoms with E-state index in [4.69, 9.17) is 14.0 Å². The second-order valence-corrected chi connectivity index (χ2v) is 5.40. The Balaban J connectivity index is 1.45. The maximum absolute atomic E-state index is 12.1. The van der Waals surface area contributed by atoms with Crippen molar-refractivity contribution >= 4 is 17.6 Å². The number of ether oxygens (including phenoxy) is 2. The van der Waals surface area contributed by atoms with Gasteiger partial charge >= 0.3 is 5.97 Å². The van der Waals surface area contributed by atoms with Gasteiger partial charge in [0.25, 0.3) is 11.8 Å². The van der Waals surface area contributed by atoms with Crippen LogP contribution in [0.15, 0.2) is 46.0 Å². The Kier molecular flexibility index (Phi) is 5.08. The lowest BCUT2D eigenvalue weighted by Crippen LogP contribution is -2.29. The second-order valence-electron chi connectivity index (χ2n) is 5.40. The van der Waals surface area contributed by atoms with E-state index < -0.39 is 5.97 Å². The molecule has 0 aliphatic carbocycles. The number of carbonyl (C=O) groups is 2. The van der Waals surface area contributed by atoms with Crippen molar-refractivity contribution in [1.29, 1.82) is 0 Å². The van der Waals surface area contributed by atoms with Crippen molar-refractivity contribution in [3.8, 4) is 5.88 Å². The van der Waals surface area contributed by atoms with Gasteiger partial charge in [-0.05, 0) is 17.6 Å². The lowest BCUT2D eigenvalue weighted by Gasteiger charge is -2.11. The van der Waals surface area contributed by atoms with Crippen LogP contribution in [-0.4, -0.2) is 47.5 Å². The molecule has 0 saturated carbocycles. The lowest BCUT2D eigenvalue weighted by molar-refractivity contribution is -0.153. The fourth-order valence-corrected chi connectivity index (χ4v) is 2.27. The molecule has 0 atom stereocenters. The van der Waals surface area contributed by atoms with Crippen molar-refractivity contribution < 1.29 is 23.6 Å². The van der Waals surface area contributed by atoms with Crippen LogP contribution in [0.5, 0.6) is 5.88 Å². The summed E-state index contributed by atoms with van der Waals surface area (Å²) in [5.74, 6) is -0.283. The molecule has 3 rings (SSSR count). The molecule has 0 spiro atoms. The number of rotatable bonds is 6. The third kappa shape index (κ3) is 4.43. The molecule has 8 nitrogen and oxygen atoms in total. The van der Waals surface area contributed by atoms with Gasteiger partial charge in [-0.15, -0.1) is 0 Å². The molecule has 130 valence electrons. The molecule has 2 aromatic rings. The van der Waals surface area contributed by atoms with Gasteiger partial charge in [0.15, 0.2) is 13.2 Å². The van der Waals surface area contributed by atoms with E-state index in [-0.39, 0.29) is 25.0 Å². The largest absolute Gasteiger partial charge is 0.463 e. The highest BCUT2D eigenvalue weighted by Crippen LogP contribution is 2.14. The van der Waals surface area contributed by atoms with Crippen molar-refractivity contribution in [2.45, 2.75) is 13.3 Å². The fraction of sp³-hybridized carbons (Fsp3) is 0.294. The molecular weight excluding hydrogens is 326 g/mol. The van der Waals surface area contributed by atoms with E-state index in [9.17, 15) is 9.59 Å². The Morgan fingerprint density at radius 3 is 2.76 bits per heavy atom. The number of carbonyl (C=O) groups excluding carboxylic acids is 2. The van der Waals surface area contributed by atoms with E-state index in [2.05, 4.69) is 10.3 Å². The van der Waals surface area contributed by atoms with E-state index in [0.717, 1.165) is 11.3 Å². The number of benzene rings is 1. The number of hydrazone groups is 1. The molecule has 2 heterocycles. The average Bonchev–Trinajstić information content (AvgIpc) is 3.28. The summed E-state index contributed by atoms with van der Waals surface area (Å²) in [6, 6.07) is 11.2. The number of aryl methyl sites for hydroxylation is 1. The van der Waals surface area contributed by atoms with Crippen molar-refractivity contribution in [3.63, 3.8) is 0 Å². The Hall–Kier alpha value is -3.16. The van der Waals surface area contributed by atoms with Crippen molar-refractivity contribution in [2.75, 3.05) is 19.8 Å². The Morgan fingerprint density at radius 1 is 1.24 bits per heavy atom. The van der Waals surface area contributed by atoms with Crippen LogP contribution in [-0.2, 0) is 14.3 Å². The van der Waals surface area contributed by atoms with E-state index in [1.807, 2.05) is 30.3 Å². The summed E-state index contributed by atoms with van der Waals surface area (Å²) in [5.41, 5.74) is 1.82. The van der Waals surface area contributed by atoms with Gasteiger partial charge in [-0.3, -0.25) is 4.79 Å². The summed E-state index contributed by atoms with van der Waals surface area (Å²) in [5, 5.41) is 9.19. The molecule has 1 aliphatic heterocycles. The smallest absolute Gasteiger partial charge is 0.344 e. The maximum atomic E-state index is 12.1. The first-order valence-corrected chi connectivity index (χ1v) is 7.77. The fourth-order valence-electron chi connectivity index (χ4n) is 2.27. The average molecular weight is 343 g/mol. The van der Waals surface area contributed by atoms with Gasteiger partial charge < -0.3 is 14.0 Å². The minimum atomic E-state index is -0.666. The highest BCUT2D eigenvalue weighted by molar-refractivity contribution is 6.02. The summed E-state index contributed by atoms with van der Waals surface area (Å²) in [6.07, 6.45) is 0.665. The molecule has 8 heteroatoms. The van der Waals surface area contributed by atoms with Gasteiger partial charge in [-0.2, -0.15) is 5.10 Å². The normalized spacial score (nSPS) is 13.5. The number of hydrogen-bond donors (Lipinski definition) is 0. The topological polar surface area (TPSA) is 94.2 Å². The first kappa shape index (κ1) is 16.7. The van der Waals surface area contributed by atoms with Crippen LogP contribution >= 0.6 is 0 Å². The molecule has 0 bridgehead atoms. The third-order valence-electron chi connectivity index (χ3n) is 3.50. The molecule has 0 unspecified atom stereocenters. The summed E-state index contributed by atoms with van der Waals surface area (Å²) in [4.78, 5) is 23.7. The van der Waals surface area contributed by atoms with E-state index >= 15 is 0 Å². The first-order chi connectivity index (χ1) is 12.1. The van der Waals surface area contributed by atoms with Gasteiger partial charge in [0, 0.05) is 12.5 Å². The van der Waals surface area contributed by atoms with Crippen LogP contribution < -0.4 is 4.74 Å². The first-order valence-electron chi connectivity index (χ1n) is 7.77. The molecule has 0 saturated heterocycles. The molecule has 25 heavy (non-hydrogen) atoms. The third-order valence-corrected chi connectivity index (χ3v) is 3.50. The second kappa shape index (κ2) is 7.61. The van der Waals surface area contributed by atoms with Crippen LogP contribution in [0.2, 0.25) is 0 Å². The van der Waals surface area contributed by atoms with Gasteiger partial charge in [0.2, 0.25) is 0 Å². The molecule has 1 aliphatic rings. The number of nitrogens with zero attached hydrogens (tertiary/aromatic N) is 3. The molecule has 1 aromatic carbocycles. The van der Waals surface area contributed by atoms with Crippen molar-refractivity contribution in [3.05, 3.63) is 47.7 Å². The molecule has 0 N–H and O–H groups in total. The number of amides is 1. The highest BCUT2D eigenvalue weighted by Gasteiger charge is 2.22. The highest BCUT2D eigenvalue weighted by atomic mass is 16.6. The van der Waals surface area contributed by atoms with Crippen LogP contribution in [0, 0.1) is 6.92 Å². The van der Waals surface area contributed by atoms with Crippen LogP contribution in [0.25, 0.3) is 0 Å². The zero-order valence-corrected chi connectivity index (χ0v) is 13.7. The van der Waals surface area contributed by atoms with Crippen molar-refractivity contribution in [1.82, 2.24) is 10.2 Å². The minimum Gasteiger partial charge on any atom is -0.463 e. The van der Waals surface area contributed by atoms with E-state index in [1.54, 1.807) is 13.0 Å². The Bertz CT molecular complexity index is 785. The summed E-state index contributed by atoms with van der Waals surface area (Å²) in [6.45, 7) is 1.44. The zero-order valence-electron chi connectivity index (χ0n) is 13.7. The van der Waals surface area contributed by atoms with Gasteiger partial charge in [0.05, 0.1) is 12.3 Å². The monoisotopic (exact) mass is 343 g/mol. The Labute approximate surface area is 144 Å². The number of aromatic nitrogens is 1. The van der Waals surface area contributed by atoms with E-state index in [0.29, 0.717) is 18.7 Å². The van der Waals surface area contributed by atoms with Crippen LogP contribution in [0.1, 0.15) is 17.7 Å². The lowest BCUT2D eigenvalue weighted by atomic mass is 10.1. The molecular formula is C17H17N3O5. The van der Waals surface area contributed by atoms with Gasteiger partial charge in [-0.1, -0.05) is 30.3 Å². The number of esters is 1. The van der Waals surface area contributed by atoms with Gasteiger partial charge in [0.1, 0.15) is 5.76 Å². The molecule has 0 radical (unpaired) electrons. The number of hydrogen-bond acceptors (Lipinski definition) is 7. The SMILES string of the molecule is Cc1cc(OCC(=O)OCC(=O)N2CCC(c3ccccc3)=N2)no1. The predicted molar refractivity (Wildman–Crippen MR) is 87.0 cm³/mol. The Morgan fingerprint density at radius 2 is 2.04 bits per heavy atom. The zero-order chi connectivity index (χ0) is 17.6. The van der Waals surface area contributed by atoms with Crippen LogP contribution in [0.3, 0.4) is 0 Å². The van der Waals surface area contributed by atoms with Crippen LogP contribution in [0.4, 0.5) is 0 Å². The molecule has 1 aromatic heterocycles. The van der Waals surface area contributed by atoms with E-state index in [1.165, 1.54) is 5.01 Å². The summed E-state index contributed by atoms with van der Waals surface area (Å²) < 4.78 is 14.8. The quantitative estimate of drug-likeness (QED) is 0.739. The van der Waals surface area contributed by atoms with Crippen molar-refractivity contribution in [2.24, 2.45) is 5.10 Å². The molecule has 0 fully saturated rings. The summed E-state index contributed by atoms with van der Waals surface area (Å²) in [7, 11) is 0. The molecule has 1 amide bonds. The predicted octanol–water partition coefficient (Wildman–Crippen LogP) is 1.54. The summed E-state index contributed by atoms with van der Waals surface area (Å²) >= 11 is 0.